The molecule has 0 aliphatic heterocycles. The van der Waals surface area contributed by atoms with Crippen molar-refractivity contribution in [2.24, 2.45) is 0 Å². The summed E-state index contributed by atoms with van der Waals surface area (Å²) in [5.41, 5.74) is -1.93. The lowest BCUT2D eigenvalue weighted by Gasteiger charge is -2.14. The number of carbonyl (C=O) groups excluding carboxylic acids is 1. The number of aliphatic hydroxyl groups is 1. The van der Waals surface area contributed by atoms with Gasteiger partial charge in [0.05, 0.1) is 11.7 Å². The van der Waals surface area contributed by atoms with E-state index >= 15 is 0 Å². The van der Waals surface area contributed by atoms with Crippen LogP contribution in [-0.2, 0) is 6.18 Å². The van der Waals surface area contributed by atoms with Gasteiger partial charge in [0, 0.05) is 17.7 Å². The van der Waals surface area contributed by atoms with Crippen molar-refractivity contribution in [3.8, 4) is 0 Å². The Kier molecular flexibility index (Phi) is 5.18. The van der Waals surface area contributed by atoms with Crippen LogP contribution in [-0.4, -0.2) is 17.6 Å². The Labute approximate surface area is 133 Å². The molecule has 0 radical (unpaired) electrons. The highest BCUT2D eigenvalue weighted by atomic mass is 19.4. The van der Waals surface area contributed by atoms with Crippen LogP contribution in [0.1, 0.15) is 27.6 Å². The predicted octanol–water partition coefficient (Wildman–Crippen LogP) is 3.45. The van der Waals surface area contributed by atoms with E-state index in [1.807, 2.05) is 0 Å². The van der Waals surface area contributed by atoms with Gasteiger partial charge in [0.2, 0.25) is 0 Å². The molecule has 0 saturated carbocycles. The molecule has 2 N–H and O–H groups in total. The lowest BCUT2D eigenvalue weighted by atomic mass is 10.1. The van der Waals surface area contributed by atoms with Crippen LogP contribution in [0.2, 0.25) is 0 Å². The largest absolute Gasteiger partial charge is 0.416 e. The first-order valence-corrected chi connectivity index (χ1v) is 6.77. The summed E-state index contributed by atoms with van der Waals surface area (Å²) in [6, 6.07) is 6.71. The van der Waals surface area contributed by atoms with E-state index in [1.54, 1.807) is 0 Å². The third-order valence-electron chi connectivity index (χ3n) is 3.21. The van der Waals surface area contributed by atoms with Crippen LogP contribution in [0.15, 0.2) is 42.5 Å². The average Bonchev–Trinajstić information content (AvgIpc) is 2.51. The molecule has 8 heteroatoms. The lowest BCUT2D eigenvalue weighted by Crippen LogP contribution is -2.29. The summed E-state index contributed by atoms with van der Waals surface area (Å²) in [5.74, 6) is -2.93. The second kappa shape index (κ2) is 6.96. The highest BCUT2D eigenvalue weighted by Crippen LogP contribution is 2.30. The van der Waals surface area contributed by atoms with Gasteiger partial charge < -0.3 is 10.4 Å². The number of amides is 1. The fourth-order valence-electron chi connectivity index (χ4n) is 2.03. The summed E-state index contributed by atoms with van der Waals surface area (Å²) >= 11 is 0. The zero-order valence-electron chi connectivity index (χ0n) is 12.1. The molecular formula is C16H12F5NO2. The van der Waals surface area contributed by atoms with E-state index in [0.29, 0.717) is 12.1 Å². The van der Waals surface area contributed by atoms with Crippen molar-refractivity contribution < 1.29 is 31.9 Å². The highest BCUT2D eigenvalue weighted by Gasteiger charge is 2.32. The molecule has 0 aliphatic rings. The molecule has 2 aromatic rings. The number of halogens is 5. The molecule has 0 aromatic heterocycles. The van der Waals surface area contributed by atoms with Gasteiger partial charge in [0.1, 0.15) is 11.6 Å². The highest BCUT2D eigenvalue weighted by molar-refractivity contribution is 5.94. The summed E-state index contributed by atoms with van der Waals surface area (Å²) in [7, 11) is 0. The maximum atomic E-state index is 13.5. The number of hydrogen-bond donors (Lipinski definition) is 2. The summed E-state index contributed by atoms with van der Waals surface area (Å²) in [6.45, 7) is -0.447. The maximum absolute atomic E-state index is 13.5. The Bertz CT molecular complexity index is 745. The standard InChI is InChI=1S/C16H12F5NO2/c17-11-6-9(5-10(7-11)16(19,20)21)15(24)22-8-14(23)12-3-1-2-4-13(12)18/h1-7,14,23H,8H2,(H,22,24). The van der Waals surface area contributed by atoms with Crippen LogP contribution in [0.4, 0.5) is 22.0 Å². The third kappa shape index (κ3) is 4.29. The first kappa shape index (κ1) is 17.9. The molecule has 0 aliphatic carbocycles. The molecule has 0 fully saturated rings. The first-order valence-electron chi connectivity index (χ1n) is 6.77. The van der Waals surface area contributed by atoms with Gasteiger partial charge >= 0.3 is 6.18 Å². The fourth-order valence-corrected chi connectivity index (χ4v) is 2.03. The minimum absolute atomic E-state index is 0.0759. The summed E-state index contributed by atoms with van der Waals surface area (Å²) in [5, 5.41) is 12.0. The molecule has 128 valence electrons. The normalized spacial score (nSPS) is 12.8. The number of carbonyl (C=O) groups is 1. The lowest BCUT2D eigenvalue weighted by molar-refractivity contribution is -0.137. The number of rotatable bonds is 4. The van der Waals surface area contributed by atoms with Gasteiger partial charge in [0.25, 0.3) is 5.91 Å². The quantitative estimate of drug-likeness (QED) is 0.834. The average molecular weight is 345 g/mol. The fraction of sp³-hybridized carbons (Fsp3) is 0.188. The first-order chi connectivity index (χ1) is 11.2. The van der Waals surface area contributed by atoms with Gasteiger partial charge in [-0.1, -0.05) is 18.2 Å². The van der Waals surface area contributed by atoms with Crippen molar-refractivity contribution in [1.29, 1.82) is 0 Å². The molecule has 24 heavy (non-hydrogen) atoms. The van der Waals surface area contributed by atoms with Gasteiger partial charge in [-0.25, -0.2) is 8.78 Å². The number of hydrogen-bond acceptors (Lipinski definition) is 2. The van der Waals surface area contributed by atoms with Crippen LogP contribution in [0, 0.1) is 11.6 Å². The number of aliphatic hydroxyl groups excluding tert-OH is 1. The predicted molar refractivity (Wildman–Crippen MR) is 75.1 cm³/mol. The second-order valence-corrected chi connectivity index (χ2v) is 4.97. The third-order valence-corrected chi connectivity index (χ3v) is 3.21. The van der Waals surface area contributed by atoms with E-state index in [-0.39, 0.29) is 11.6 Å². The van der Waals surface area contributed by atoms with E-state index in [9.17, 15) is 31.9 Å². The maximum Gasteiger partial charge on any atom is 0.416 e. The van der Waals surface area contributed by atoms with Crippen molar-refractivity contribution in [3.05, 3.63) is 70.8 Å². The van der Waals surface area contributed by atoms with E-state index < -0.39 is 47.5 Å². The molecule has 3 nitrogen and oxygen atoms in total. The van der Waals surface area contributed by atoms with Gasteiger partial charge in [0.15, 0.2) is 0 Å². The molecule has 0 heterocycles. The zero-order chi connectivity index (χ0) is 17.9. The monoisotopic (exact) mass is 345 g/mol. The minimum Gasteiger partial charge on any atom is -0.386 e. The molecule has 1 unspecified atom stereocenters. The molecule has 0 saturated heterocycles. The zero-order valence-corrected chi connectivity index (χ0v) is 12.1. The van der Waals surface area contributed by atoms with E-state index in [2.05, 4.69) is 5.32 Å². The van der Waals surface area contributed by atoms with Crippen LogP contribution in [0.3, 0.4) is 0 Å². The summed E-state index contributed by atoms with van der Waals surface area (Å²) < 4.78 is 64.6. The number of nitrogens with one attached hydrogen (secondary N) is 1. The molecule has 2 aromatic carbocycles. The Morgan fingerprint density at radius 2 is 1.79 bits per heavy atom. The van der Waals surface area contributed by atoms with Crippen molar-refractivity contribution in [3.63, 3.8) is 0 Å². The smallest absolute Gasteiger partial charge is 0.386 e. The molecule has 1 atom stereocenters. The van der Waals surface area contributed by atoms with Crippen LogP contribution in [0.5, 0.6) is 0 Å². The van der Waals surface area contributed by atoms with Gasteiger partial charge in [-0.15, -0.1) is 0 Å². The van der Waals surface area contributed by atoms with Gasteiger partial charge in [-0.05, 0) is 24.3 Å². The molecule has 0 spiro atoms. The second-order valence-electron chi connectivity index (χ2n) is 4.97. The Morgan fingerprint density at radius 3 is 2.42 bits per heavy atom. The van der Waals surface area contributed by atoms with E-state index in [4.69, 9.17) is 0 Å². The topological polar surface area (TPSA) is 49.3 Å². The molecule has 0 bridgehead atoms. The summed E-state index contributed by atoms with van der Waals surface area (Å²) in [4.78, 5) is 11.8. The van der Waals surface area contributed by atoms with Crippen molar-refractivity contribution in [1.82, 2.24) is 5.32 Å². The van der Waals surface area contributed by atoms with E-state index in [0.717, 1.165) is 6.07 Å². The van der Waals surface area contributed by atoms with Crippen LogP contribution >= 0.6 is 0 Å². The van der Waals surface area contributed by atoms with Crippen molar-refractivity contribution in [2.75, 3.05) is 6.54 Å². The Balaban J connectivity index is 2.10. The van der Waals surface area contributed by atoms with Crippen molar-refractivity contribution in [2.45, 2.75) is 12.3 Å². The SMILES string of the molecule is O=C(NCC(O)c1ccccc1F)c1cc(F)cc(C(F)(F)F)c1. The van der Waals surface area contributed by atoms with Crippen LogP contribution in [0.25, 0.3) is 0 Å². The molecule has 2 rings (SSSR count). The molecular weight excluding hydrogens is 333 g/mol. The minimum atomic E-state index is -4.80. The van der Waals surface area contributed by atoms with Crippen molar-refractivity contribution >= 4 is 5.91 Å². The van der Waals surface area contributed by atoms with E-state index in [1.165, 1.54) is 18.2 Å². The Morgan fingerprint density at radius 1 is 1.12 bits per heavy atom. The Hall–Kier alpha value is -2.48. The summed E-state index contributed by atoms with van der Waals surface area (Å²) in [6.07, 6.45) is -6.20. The van der Waals surface area contributed by atoms with Crippen LogP contribution < -0.4 is 5.32 Å². The number of alkyl halides is 3. The van der Waals surface area contributed by atoms with Gasteiger partial charge in [-0.2, -0.15) is 13.2 Å². The van der Waals surface area contributed by atoms with Gasteiger partial charge in [-0.3, -0.25) is 4.79 Å². The number of benzene rings is 2. The molecule has 1 amide bonds.